The number of amides is 1. The lowest BCUT2D eigenvalue weighted by Gasteiger charge is -2.28. The largest absolute Gasteiger partial charge is 0.490 e. The van der Waals surface area contributed by atoms with E-state index >= 15 is 0 Å². The van der Waals surface area contributed by atoms with Crippen molar-refractivity contribution in [3.05, 3.63) is 96.1 Å². The lowest BCUT2D eigenvalue weighted by atomic mass is 9.92. The number of anilines is 1. The van der Waals surface area contributed by atoms with Gasteiger partial charge in [-0.05, 0) is 65.6 Å². The molecular formula is C47H82N2O4. The highest BCUT2D eigenvalue weighted by Crippen LogP contribution is 2.28. The molecular weight excluding hydrogens is 657 g/mol. The number of carboxylic acids is 1. The number of nitrogens with zero attached hydrogens (tertiary/aromatic N) is 1. The number of carboxylic acid groups (broad SMARTS) is 1. The van der Waals surface area contributed by atoms with E-state index in [1.807, 2.05) is 115 Å². The van der Waals surface area contributed by atoms with Crippen molar-refractivity contribution in [2.24, 2.45) is 11.3 Å². The Kier molecular flexibility index (Phi) is 40.1. The van der Waals surface area contributed by atoms with Crippen LogP contribution in [0.3, 0.4) is 0 Å². The Bertz CT molecular complexity index is 1210. The normalized spacial score (nSPS) is 10.6. The summed E-state index contributed by atoms with van der Waals surface area (Å²) in [6.45, 7) is 36.5. The van der Waals surface area contributed by atoms with E-state index in [4.69, 9.17) is 4.74 Å². The number of rotatable bonds is 18. The minimum absolute atomic E-state index is 0.0864. The number of aromatic carboxylic acids is 1. The van der Waals surface area contributed by atoms with Gasteiger partial charge in [-0.3, -0.25) is 4.79 Å². The molecule has 1 amide bonds. The smallest absolute Gasteiger partial charge is 0.335 e. The maximum atomic E-state index is 13.1. The van der Waals surface area contributed by atoms with E-state index in [1.54, 1.807) is 18.2 Å². The van der Waals surface area contributed by atoms with Crippen molar-refractivity contribution in [1.29, 1.82) is 0 Å². The van der Waals surface area contributed by atoms with Crippen LogP contribution >= 0.6 is 0 Å². The van der Waals surface area contributed by atoms with Gasteiger partial charge in [0, 0.05) is 18.8 Å². The molecule has 0 aliphatic carbocycles. The fourth-order valence-electron chi connectivity index (χ4n) is 4.40. The number of unbranched alkanes of at least 4 members (excludes halogenated alkanes) is 2. The molecule has 0 spiro atoms. The third-order valence-corrected chi connectivity index (χ3v) is 7.31. The molecule has 0 heterocycles. The van der Waals surface area contributed by atoms with Gasteiger partial charge in [-0.25, -0.2) is 4.79 Å². The highest BCUT2D eigenvalue weighted by Gasteiger charge is 2.20. The lowest BCUT2D eigenvalue weighted by Crippen LogP contribution is -2.38. The van der Waals surface area contributed by atoms with Crippen molar-refractivity contribution in [2.75, 3.05) is 24.6 Å². The van der Waals surface area contributed by atoms with Gasteiger partial charge in [-0.1, -0.05) is 179 Å². The van der Waals surface area contributed by atoms with Gasteiger partial charge >= 0.3 is 5.97 Å². The Morgan fingerprint density at radius 3 is 1.94 bits per heavy atom. The molecule has 2 aromatic carbocycles. The van der Waals surface area contributed by atoms with Crippen LogP contribution in [-0.4, -0.2) is 36.7 Å². The summed E-state index contributed by atoms with van der Waals surface area (Å²) in [5.41, 5.74) is 3.15. The van der Waals surface area contributed by atoms with Gasteiger partial charge in [0.25, 0.3) is 0 Å². The zero-order valence-corrected chi connectivity index (χ0v) is 36.9. The molecule has 0 bridgehead atoms. The monoisotopic (exact) mass is 739 g/mol. The number of carbonyl (C=O) groups excluding carboxylic acids is 1. The number of hydrogen-bond acceptors (Lipinski definition) is 4. The number of allylic oxidation sites excluding steroid dienone is 4. The van der Waals surface area contributed by atoms with Crippen LogP contribution in [0.5, 0.6) is 5.75 Å². The van der Waals surface area contributed by atoms with Gasteiger partial charge in [0.1, 0.15) is 12.4 Å². The molecule has 0 aromatic heterocycles. The maximum Gasteiger partial charge on any atom is 0.335 e. The minimum atomic E-state index is -0.985. The molecule has 6 heteroatoms. The topological polar surface area (TPSA) is 78.9 Å². The summed E-state index contributed by atoms with van der Waals surface area (Å²) in [4.78, 5) is 26.9. The fourth-order valence-corrected chi connectivity index (χ4v) is 4.40. The molecule has 0 aliphatic heterocycles. The second-order valence-corrected chi connectivity index (χ2v) is 12.7. The summed E-state index contributed by atoms with van der Waals surface area (Å²) in [6.07, 6.45) is 16.0. The molecule has 1 unspecified atom stereocenters. The summed E-state index contributed by atoms with van der Waals surface area (Å²) in [7, 11) is 0. The van der Waals surface area contributed by atoms with Crippen LogP contribution in [0.25, 0.3) is 0 Å². The van der Waals surface area contributed by atoms with Gasteiger partial charge in [0.2, 0.25) is 5.91 Å². The standard InChI is InChI=1S/C34H46N2O4.C5H12.4C2H6/c1-7-9-10-11-12-21-40-30-17-13-27(14-18-30)24-36(25-32(37)35-20-19-34(4,5)6)31-23-29(33(38)39)16-15-28(31)22-26(3)8-2;1-3-5-4-2;4*1-2/h7,9-18,23,26H,1,8,19-22,24-25H2,2-6H3,(H,35,37)(H,38,39);3-5H2,1-2H3;4*1-2H3/b10-9-,12-11+;;;;;. The summed E-state index contributed by atoms with van der Waals surface area (Å²) < 4.78 is 5.79. The van der Waals surface area contributed by atoms with Crippen LogP contribution in [0, 0.1) is 11.3 Å². The molecule has 2 rings (SSSR count). The molecule has 2 aromatic rings. The molecule has 0 aliphatic rings. The second kappa shape index (κ2) is 37.9. The molecule has 1 atom stereocenters. The Hall–Kier alpha value is -3.80. The first-order valence-corrected chi connectivity index (χ1v) is 20.5. The van der Waals surface area contributed by atoms with Crippen molar-refractivity contribution in [3.8, 4) is 5.75 Å². The highest BCUT2D eigenvalue weighted by molar-refractivity contribution is 5.90. The fraction of sp³-hybridized carbons (Fsp3) is 0.574. The SMILES string of the molecule is C=C/C=C\C=C\COc1ccc(CN(CC(=O)NCCC(C)(C)C)c2cc(C(=O)O)ccc2CC(C)CC)cc1.CC.CC.CC.CC.CCCCC. The number of nitrogens with one attached hydrogen (secondary N) is 1. The molecule has 0 saturated heterocycles. The first-order chi connectivity index (χ1) is 25.4. The van der Waals surface area contributed by atoms with E-state index in [9.17, 15) is 14.7 Å². The third kappa shape index (κ3) is 30.4. The van der Waals surface area contributed by atoms with Crippen molar-refractivity contribution in [1.82, 2.24) is 5.32 Å². The van der Waals surface area contributed by atoms with E-state index in [2.05, 4.69) is 60.4 Å². The summed E-state index contributed by atoms with van der Waals surface area (Å²) in [5.74, 6) is 0.103. The molecule has 304 valence electrons. The molecule has 2 N–H and O–H groups in total. The van der Waals surface area contributed by atoms with Crippen LogP contribution in [0.2, 0.25) is 0 Å². The highest BCUT2D eigenvalue weighted by atomic mass is 16.5. The van der Waals surface area contributed by atoms with Crippen molar-refractivity contribution < 1.29 is 19.4 Å². The Morgan fingerprint density at radius 1 is 0.887 bits per heavy atom. The van der Waals surface area contributed by atoms with Crippen LogP contribution < -0.4 is 15.0 Å². The molecule has 6 nitrogen and oxygen atoms in total. The van der Waals surface area contributed by atoms with Crippen LogP contribution in [0.4, 0.5) is 5.69 Å². The van der Waals surface area contributed by atoms with E-state index < -0.39 is 5.97 Å². The summed E-state index contributed by atoms with van der Waals surface area (Å²) >= 11 is 0. The Balaban J connectivity index is -0.000000812. The average molecular weight is 739 g/mol. The van der Waals surface area contributed by atoms with E-state index in [1.165, 1.54) is 19.3 Å². The van der Waals surface area contributed by atoms with Crippen molar-refractivity contribution in [2.45, 2.75) is 149 Å². The summed E-state index contributed by atoms with van der Waals surface area (Å²) in [5, 5.41) is 12.8. The molecule has 0 radical (unpaired) electrons. The molecule has 53 heavy (non-hydrogen) atoms. The minimum Gasteiger partial charge on any atom is -0.490 e. The first-order valence-electron chi connectivity index (χ1n) is 20.5. The first kappa shape index (κ1) is 55.9. The number of benzene rings is 2. The van der Waals surface area contributed by atoms with Gasteiger partial charge in [0.15, 0.2) is 0 Å². The Morgan fingerprint density at radius 2 is 1.47 bits per heavy atom. The number of ether oxygens (including phenoxy) is 1. The third-order valence-electron chi connectivity index (χ3n) is 7.31. The number of hydrogen-bond donors (Lipinski definition) is 2. The van der Waals surface area contributed by atoms with E-state index in [-0.39, 0.29) is 23.4 Å². The van der Waals surface area contributed by atoms with E-state index in [0.29, 0.717) is 25.6 Å². The molecule has 0 fully saturated rings. The second-order valence-electron chi connectivity index (χ2n) is 12.7. The molecule has 0 saturated carbocycles. The van der Waals surface area contributed by atoms with E-state index in [0.717, 1.165) is 41.8 Å². The van der Waals surface area contributed by atoms with Gasteiger partial charge in [0.05, 0.1) is 12.1 Å². The summed E-state index contributed by atoms with van der Waals surface area (Å²) in [6, 6.07) is 13.0. The zero-order valence-electron chi connectivity index (χ0n) is 36.9. The van der Waals surface area contributed by atoms with Crippen LogP contribution in [0.15, 0.2) is 79.4 Å². The predicted molar refractivity (Wildman–Crippen MR) is 236 cm³/mol. The van der Waals surface area contributed by atoms with Gasteiger partial charge in [-0.15, -0.1) is 0 Å². The predicted octanol–water partition coefficient (Wildman–Crippen LogP) is 13.5. The van der Waals surface area contributed by atoms with Crippen molar-refractivity contribution in [3.63, 3.8) is 0 Å². The van der Waals surface area contributed by atoms with Crippen molar-refractivity contribution >= 4 is 17.6 Å². The van der Waals surface area contributed by atoms with Gasteiger partial charge < -0.3 is 20.1 Å². The average Bonchev–Trinajstić information content (AvgIpc) is 3.16. The van der Waals surface area contributed by atoms with Crippen LogP contribution in [0.1, 0.15) is 157 Å². The van der Waals surface area contributed by atoms with Crippen LogP contribution in [-0.2, 0) is 17.8 Å². The Labute approximate surface area is 328 Å². The lowest BCUT2D eigenvalue weighted by molar-refractivity contribution is -0.119. The number of carbonyl (C=O) groups is 2. The zero-order chi connectivity index (χ0) is 41.7. The van der Waals surface area contributed by atoms with Gasteiger partial charge in [-0.2, -0.15) is 0 Å². The maximum absolute atomic E-state index is 13.1. The quantitative estimate of drug-likeness (QED) is 0.149.